The van der Waals surface area contributed by atoms with Crippen molar-refractivity contribution in [1.29, 1.82) is 0 Å². The van der Waals surface area contributed by atoms with Crippen LogP contribution < -0.4 is 4.90 Å². The van der Waals surface area contributed by atoms with E-state index in [1.54, 1.807) is 40.9 Å². The highest BCUT2D eigenvalue weighted by atomic mass is 35.5. The van der Waals surface area contributed by atoms with Gasteiger partial charge >= 0.3 is 0 Å². The van der Waals surface area contributed by atoms with Crippen LogP contribution in [0, 0.1) is 0 Å². The van der Waals surface area contributed by atoms with Gasteiger partial charge in [-0.2, -0.15) is 0 Å². The number of hydrogen-bond acceptors (Lipinski definition) is 5. The number of hydrogen-bond donors (Lipinski definition) is 0. The molecule has 0 saturated carbocycles. The number of nitrogens with zero attached hydrogens (tertiary/aromatic N) is 3. The number of amides is 1. The van der Waals surface area contributed by atoms with Gasteiger partial charge in [-0.05, 0) is 54.2 Å². The van der Waals surface area contributed by atoms with Crippen LogP contribution in [0.25, 0.3) is 0 Å². The first-order chi connectivity index (χ1) is 14.5. The molecule has 0 aromatic heterocycles. The van der Waals surface area contributed by atoms with E-state index < -0.39 is 0 Å². The van der Waals surface area contributed by atoms with Gasteiger partial charge in [0.25, 0.3) is 5.91 Å². The largest absolute Gasteiger partial charge is 0.338 e. The summed E-state index contributed by atoms with van der Waals surface area (Å²) in [4.78, 5) is 23.1. The summed E-state index contributed by atoms with van der Waals surface area (Å²) in [7, 11) is 2.02. The summed E-state index contributed by atoms with van der Waals surface area (Å²) < 4.78 is 0. The number of aliphatic imine (C=N–C) groups is 1. The fraction of sp³-hybridized carbons (Fsp3) is 0.0909. The number of amidine groups is 1. The zero-order valence-corrected chi connectivity index (χ0v) is 19.2. The Balaban J connectivity index is 1.62. The Kier molecular flexibility index (Phi) is 6.29. The molecule has 1 fully saturated rings. The quantitative estimate of drug-likeness (QED) is 0.365. The van der Waals surface area contributed by atoms with E-state index in [1.165, 1.54) is 16.7 Å². The Hall–Kier alpha value is -2.12. The number of para-hydroxylation sites is 1. The van der Waals surface area contributed by atoms with Crippen molar-refractivity contribution in [1.82, 2.24) is 4.90 Å². The third kappa shape index (κ3) is 4.18. The van der Waals surface area contributed by atoms with Gasteiger partial charge in [0.15, 0.2) is 5.17 Å². The summed E-state index contributed by atoms with van der Waals surface area (Å²) in [5.74, 6) is -0.0984. The van der Waals surface area contributed by atoms with Crippen LogP contribution in [0.2, 0.25) is 10.0 Å². The third-order valence-electron chi connectivity index (χ3n) is 4.48. The minimum atomic E-state index is -0.0984. The number of anilines is 1. The van der Waals surface area contributed by atoms with Crippen molar-refractivity contribution in [3.05, 3.63) is 87.3 Å². The van der Waals surface area contributed by atoms with Crippen molar-refractivity contribution < 1.29 is 4.79 Å². The molecule has 0 radical (unpaired) electrons. The van der Waals surface area contributed by atoms with Gasteiger partial charge in [-0.15, -0.1) is 6.58 Å². The summed E-state index contributed by atoms with van der Waals surface area (Å²) in [5, 5.41) is 2.52. The lowest BCUT2D eigenvalue weighted by atomic mass is 10.3. The van der Waals surface area contributed by atoms with Gasteiger partial charge in [0.1, 0.15) is 0 Å². The van der Waals surface area contributed by atoms with Gasteiger partial charge in [0.05, 0.1) is 31.4 Å². The maximum Gasteiger partial charge on any atom is 0.267 e. The van der Waals surface area contributed by atoms with E-state index in [4.69, 9.17) is 23.2 Å². The summed E-state index contributed by atoms with van der Waals surface area (Å²) in [6.07, 6.45) is 5.51. The van der Waals surface area contributed by atoms with Crippen molar-refractivity contribution in [2.75, 3.05) is 18.5 Å². The first-order valence-corrected chi connectivity index (χ1v) is 11.4. The SMILES string of the molecule is C=CCN1C(=O)/C(=C/C=C2/Sc3ccccc3N2C)SC1=Nc1ccc(Cl)c(Cl)c1. The van der Waals surface area contributed by atoms with Crippen LogP contribution in [0.3, 0.4) is 0 Å². The second-order valence-electron chi connectivity index (χ2n) is 6.46. The highest BCUT2D eigenvalue weighted by Crippen LogP contribution is 2.45. The molecule has 1 saturated heterocycles. The fourth-order valence-electron chi connectivity index (χ4n) is 2.97. The van der Waals surface area contributed by atoms with E-state index in [2.05, 4.69) is 28.6 Å². The molecular formula is C22H17Cl2N3OS2. The van der Waals surface area contributed by atoms with Gasteiger partial charge in [-0.1, -0.05) is 53.2 Å². The maximum absolute atomic E-state index is 12.9. The van der Waals surface area contributed by atoms with E-state index >= 15 is 0 Å². The van der Waals surface area contributed by atoms with E-state index in [0.717, 1.165) is 10.7 Å². The second-order valence-corrected chi connectivity index (χ2v) is 9.35. The molecular weight excluding hydrogens is 457 g/mol. The molecule has 0 aliphatic carbocycles. The van der Waals surface area contributed by atoms with Gasteiger partial charge in [0.2, 0.25) is 0 Å². The van der Waals surface area contributed by atoms with E-state index in [9.17, 15) is 4.79 Å². The van der Waals surface area contributed by atoms with Crippen LogP contribution in [0.15, 0.2) is 87.1 Å². The molecule has 30 heavy (non-hydrogen) atoms. The molecule has 2 aromatic carbocycles. The average molecular weight is 474 g/mol. The fourth-order valence-corrected chi connectivity index (χ4v) is 5.27. The van der Waals surface area contributed by atoms with Crippen LogP contribution in [0.1, 0.15) is 0 Å². The average Bonchev–Trinajstić information content (AvgIpc) is 3.21. The highest BCUT2D eigenvalue weighted by molar-refractivity contribution is 8.18. The van der Waals surface area contributed by atoms with E-state index in [-0.39, 0.29) is 5.91 Å². The standard InChI is InChI=1S/C22H17Cl2N3OS2/c1-3-12-27-21(28)19(30-22(27)25-14-8-9-15(23)16(24)13-14)10-11-20-26(2)17-6-4-5-7-18(17)29-20/h3-11,13H,1,12H2,2H3/b19-10-,20-11+,25-22?. The number of halogens is 2. The molecule has 2 heterocycles. The zero-order valence-electron chi connectivity index (χ0n) is 16.0. The molecule has 0 unspecified atom stereocenters. The topological polar surface area (TPSA) is 35.9 Å². The van der Waals surface area contributed by atoms with Crippen LogP contribution in [0.4, 0.5) is 11.4 Å². The molecule has 1 amide bonds. The van der Waals surface area contributed by atoms with Gasteiger partial charge in [-0.25, -0.2) is 4.99 Å². The summed E-state index contributed by atoms with van der Waals surface area (Å²) >= 11 is 15.1. The third-order valence-corrected chi connectivity index (χ3v) is 7.42. The van der Waals surface area contributed by atoms with Gasteiger partial charge in [-0.3, -0.25) is 9.69 Å². The molecule has 2 aliphatic rings. The maximum atomic E-state index is 12.9. The van der Waals surface area contributed by atoms with Gasteiger partial charge < -0.3 is 4.90 Å². The predicted octanol–water partition coefficient (Wildman–Crippen LogP) is 6.71. The Labute approximate surface area is 193 Å². The van der Waals surface area contributed by atoms with Crippen LogP contribution in [0.5, 0.6) is 0 Å². The molecule has 0 spiro atoms. The molecule has 0 atom stereocenters. The molecule has 4 rings (SSSR count). The lowest BCUT2D eigenvalue weighted by Gasteiger charge is -2.13. The molecule has 2 aromatic rings. The number of rotatable bonds is 4. The Morgan fingerprint density at radius 2 is 1.90 bits per heavy atom. The van der Waals surface area contributed by atoms with Crippen molar-refractivity contribution >= 4 is 69.2 Å². The monoisotopic (exact) mass is 473 g/mol. The van der Waals surface area contributed by atoms with Crippen LogP contribution in [-0.4, -0.2) is 29.6 Å². The van der Waals surface area contributed by atoms with Crippen LogP contribution in [-0.2, 0) is 4.79 Å². The molecule has 2 aliphatic heterocycles. The number of carbonyl (C=O) groups excluding carboxylic acids is 1. The minimum absolute atomic E-state index is 0.0984. The smallest absolute Gasteiger partial charge is 0.267 e. The molecule has 8 heteroatoms. The van der Waals surface area contributed by atoms with Crippen molar-refractivity contribution in [3.8, 4) is 0 Å². The Morgan fingerprint density at radius 3 is 2.63 bits per heavy atom. The van der Waals surface area contributed by atoms with Crippen molar-refractivity contribution in [2.24, 2.45) is 4.99 Å². The molecule has 4 nitrogen and oxygen atoms in total. The van der Waals surface area contributed by atoms with Crippen molar-refractivity contribution in [2.45, 2.75) is 4.90 Å². The van der Waals surface area contributed by atoms with E-state index in [1.807, 2.05) is 31.3 Å². The number of thioether (sulfide) groups is 2. The summed E-state index contributed by atoms with van der Waals surface area (Å²) in [5.41, 5.74) is 1.79. The lowest BCUT2D eigenvalue weighted by molar-refractivity contribution is -0.121. The minimum Gasteiger partial charge on any atom is -0.338 e. The first kappa shape index (κ1) is 21.1. The second kappa shape index (κ2) is 8.94. The highest BCUT2D eigenvalue weighted by Gasteiger charge is 2.32. The molecule has 0 bridgehead atoms. The van der Waals surface area contributed by atoms with Gasteiger partial charge in [0, 0.05) is 18.5 Å². The first-order valence-electron chi connectivity index (χ1n) is 9.05. The number of carbonyl (C=O) groups is 1. The zero-order chi connectivity index (χ0) is 21.3. The number of benzene rings is 2. The Morgan fingerprint density at radius 1 is 1.10 bits per heavy atom. The predicted molar refractivity (Wildman–Crippen MR) is 130 cm³/mol. The molecule has 152 valence electrons. The molecule has 0 N–H and O–H groups in total. The van der Waals surface area contributed by atoms with Crippen molar-refractivity contribution in [3.63, 3.8) is 0 Å². The Bertz CT molecular complexity index is 1130. The number of allylic oxidation sites excluding steroid dienone is 2. The lowest BCUT2D eigenvalue weighted by Crippen LogP contribution is -2.29. The normalized spacial score (nSPS) is 20.0. The number of fused-ring (bicyclic) bond motifs is 1. The summed E-state index contributed by atoms with van der Waals surface area (Å²) in [6.45, 7) is 4.13. The van der Waals surface area contributed by atoms with Crippen LogP contribution >= 0.6 is 46.7 Å². The summed E-state index contributed by atoms with van der Waals surface area (Å²) in [6, 6.07) is 13.4. The van der Waals surface area contributed by atoms with E-state index in [0.29, 0.717) is 32.4 Å².